The first-order valence-corrected chi connectivity index (χ1v) is 8.92. The van der Waals surface area contributed by atoms with E-state index in [9.17, 15) is 4.79 Å². The lowest BCUT2D eigenvalue weighted by Crippen LogP contribution is -2.34. The quantitative estimate of drug-likeness (QED) is 0.663. The molecule has 0 bridgehead atoms. The van der Waals surface area contributed by atoms with Crippen LogP contribution in [0.25, 0.3) is 0 Å². The molecular formula is C21H26N2O2. The molecule has 2 N–H and O–H groups in total. The molecule has 2 aromatic carbocycles. The van der Waals surface area contributed by atoms with E-state index in [2.05, 4.69) is 17.0 Å². The highest BCUT2D eigenvalue weighted by Gasteiger charge is 2.22. The number of nitrogen functional groups attached to an aromatic ring is 1. The number of carbonyl (C=O) groups is 1. The van der Waals surface area contributed by atoms with E-state index < -0.39 is 0 Å². The van der Waals surface area contributed by atoms with Gasteiger partial charge in [-0.25, -0.2) is 0 Å². The van der Waals surface area contributed by atoms with Crippen LogP contribution in [0.15, 0.2) is 48.5 Å². The van der Waals surface area contributed by atoms with Gasteiger partial charge in [0.25, 0.3) is 0 Å². The molecule has 0 aromatic heterocycles. The minimum Gasteiger partial charge on any atom is -0.461 e. The van der Waals surface area contributed by atoms with Crippen LogP contribution >= 0.6 is 0 Å². The molecule has 1 aliphatic rings. The molecule has 1 aliphatic heterocycles. The van der Waals surface area contributed by atoms with Crippen molar-refractivity contribution < 1.29 is 9.53 Å². The summed E-state index contributed by atoms with van der Waals surface area (Å²) >= 11 is 0. The van der Waals surface area contributed by atoms with Gasteiger partial charge in [0.1, 0.15) is 6.61 Å². The molecule has 0 unspecified atom stereocenters. The summed E-state index contributed by atoms with van der Waals surface area (Å²) in [5.41, 5.74) is 10.1. The van der Waals surface area contributed by atoms with Crippen molar-refractivity contribution in [3.8, 4) is 0 Å². The van der Waals surface area contributed by atoms with Gasteiger partial charge in [0.2, 0.25) is 0 Å². The van der Waals surface area contributed by atoms with E-state index in [4.69, 9.17) is 10.5 Å². The van der Waals surface area contributed by atoms with Gasteiger partial charge in [-0.05, 0) is 55.0 Å². The molecule has 0 atom stereocenters. The van der Waals surface area contributed by atoms with Crippen molar-refractivity contribution in [3.63, 3.8) is 0 Å². The highest BCUT2D eigenvalue weighted by molar-refractivity contribution is 5.69. The van der Waals surface area contributed by atoms with Gasteiger partial charge in [0, 0.05) is 30.9 Å². The number of benzene rings is 2. The van der Waals surface area contributed by atoms with Crippen molar-refractivity contribution in [2.75, 3.05) is 23.7 Å². The van der Waals surface area contributed by atoms with Crippen LogP contribution in [0.4, 0.5) is 11.4 Å². The number of rotatable bonds is 5. The summed E-state index contributed by atoms with van der Waals surface area (Å²) in [6.45, 7) is 4.34. The Balaban J connectivity index is 1.44. The average Bonchev–Trinajstić information content (AvgIpc) is 2.64. The number of hydrogen-bond donors (Lipinski definition) is 1. The summed E-state index contributed by atoms with van der Waals surface area (Å²) < 4.78 is 5.40. The molecule has 0 amide bonds. The lowest BCUT2D eigenvalue weighted by atomic mass is 9.93. The monoisotopic (exact) mass is 338 g/mol. The van der Waals surface area contributed by atoms with Crippen LogP contribution in [0.5, 0.6) is 0 Å². The number of esters is 1. The summed E-state index contributed by atoms with van der Waals surface area (Å²) in [6, 6.07) is 16.0. The van der Waals surface area contributed by atoms with Crippen LogP contribution in [0.3, 0.4) is 0 Å². The lowest BCUT2D eigenvalue weighted by molar-refractivity contribution is -0.146. The summed E-state index contributed by atoms with van der Waals surface area (Å²) in [5, 5.41) is 0. The second kappa shape index (κ2) is 8.06. The van der Waals surface area contributed by atoms with E-state index in [0.717, 1.165) is 42.7 Å². The fourth-order valence-corrected chi connectivity index (χ4v) is 3.28. The normalized spacial score (nSPS) is 15.2. The van der Waals surface area contributed by atoms with Crippen molar-refractivity contribution in [3.05, 3.63) is 59.7 Å². The van der Waals surface area contributed by atoms with Crippen molar-refractivity contribution in [2.45, 2.75) is 32.8 Å². The molecule has 132 valence electrons. The predicted molar refractivity (Wildman–Crippen MR) is 101 cm³/mol. The van der Waals surface area contributed by atoms with Crippen LogP contribution in [-0.2, 0) is 16.1 Å². The van der Waals surface area contributed by atoms with Gasteiger partial charge in [0.15, 0.2) is 0 Å². The molecule has 3 rings (SSSR count). The zero-order chi connectivity index (χ0) is 17.6. The molecule has 4 heteroatoms. The molecule has 0 spiro atoms. The molecule has 0 saturated carbocycles. The molecule has 1 fully saturated rings. The smallest absolute Gasteiger partial charge is 0.306 e. The first kappa shape index (κ1) is 17.3. The molecule has 25 heavy (non-hydrogen) atoms. The van der Waals surface area contributed by atoms with Crippen molar-refractivity contribution >= 4 is 17.3 Å². The van der Waals surface area contributed by atoms with Crippen LogP contribution in [0.1, 0.15) is 30.4 Å². The van der Waals surface area contributed by atoms with E-state index in [1.807, 2.05) is 43.3 Å². The van der Waals surface area contributed by atoms with Crippen LogP contribution in [0.2, 0.25) is 0 Å². The standard InChI is InChI=1S/C21H26N2O2/c1-16-13-19(7-8-20(16)22)23-11-9-17(10-12-23)14-21(24)25-15-18-5-3-2-4-6-18/h2-8,13,17H,9-12,14-15,22H2,1H3. The molecule has 1 saturated heterocycles. The summed E-state index contributed by atoms with van der Waals surface area (Å²) in [6.07, 6.45) is 2.55. The number of nitrogens with zero attached hydrogens (tertiary/aromatic N) is 1. The van der Waals surface area contributed by atoms with E-state index in [1.54, 1.807) is 0 Å². The van der Waals surface area contributed by atoms with Gasteiger partial charge in [0.05, 0.1) is 0 Å². The fourth-order valence-electron chi connectivity index (χ4n) is 3.28. The maximum absolute atomic E-state index is 12.1. The second-order valence-corrected chi connectivity index (χ2v) is 6.82. The third-order valence-electron chi connectivity index (χ3n) is 4.93. The molecule has 0 radical (unpaired) electrons. The minimum absolute atomic E-state index is 0.0920. The number of ether oxygens (including phenoxy) is 1. The lowest BCUT2D eigenvalue weighted by Gasteiger charge is -2.33. The summed E-state index contributed by atoms with van der Waals surface area (Å²) in [7, 11) is 0. The SMILES string of the molecule is Cc1cc(N2CCC(CC(=O)OCc3ccccc3)CC2)ccc1N. The molecule has 1 heterocycles. The zero-order valence-electron chi connectivity index (χ0n) is 14.8. The molecule has 4 nitrogen and oxygen atoms in total. The number of carbonyl (C=O) groups excluding carboxylic acids is 1. The Kier molecular flexibility index (Phi) is 5.59. The van der Waals surface area contributed by atoms with Gasteiger partial charge in [-0.1, -0.05) is 30.3 Å². The summed E-state index contributed by atoms with van der Waals surface area (Å²) in [4.78, 5) is 14.4. The number of anilines is 2. The Hall–Kier alpha value is -2.49. The van der Waals surface area contributed by atoms with Gasteiger partial charge < -0.3 is 15.4 Å². The van der Waals surface area contributed by atoms with Crippen molar-refractivity contribution in [2.24, 2.45) is 5.92 Å². The Morgan fingerprint density at radius 3 is 2.56 bits per heavy atom. The third kappa shape index (κ3) is 4.75. The van der Waals surface area contributed by atoms with Gasteiger partial charge in [-0.15, -0.1) is 0 Å². The topological polar surface area (TPSA) is 55.6 Å². The van der Waals surface area contributed by atoms with E-state index >= 15 is 0 Å². The third-order valence-corrected chi connectivity index (χ3v) is 4.93. The highest BCUT2D eigenvalue weighted by Crippen LogP contribution is 2.27. The Morgan fingerprint density at radius 1 is 1.16 bits per heavy atom. The average molecular weight is 338 g/mol. The van der Waals surface area contributed by atoms with E-state index in [1.165, 1.54) is 5.69 Å². The maximum atomic E-state index is 12.1. The molecular weight excluding hydrogens is 312 g/mol. The Morgan fingerprint density at radius 2 is 1.88 bits per heavy atom. The minimum atomic E-state index is -0.0920. The number of hydrogen-bond acceptors (Lipinski definition) is 4. The maximum Gasteiger partial charge on any atom is 0.306 e. The summed E-state index contributed by atoms with van der Waals surface area (Å²) in [5.74, 6) is 0.319. The highest BCUT2D eigenvalue weighted by atomic mass is 16.5. The van der Waals surface area contributed by atoms with E-state index in [-0.39, 0.29) is 5.97 Å². The first-order valence-electron chi connectivity index (χ1n) is 8.92. The molecule has 2 aromatic rings. The first-order chi connectivity index (χ1) is 12.1. The zero-order valence-corrected chi connectivity index (χ0v) is 14.8. The molecule has 0 aliphatic carbocycles. The van der Waals surface area contributed by atoms with E-state index in [0.29, 0.717) is 18.9 Å². The van der Waals surface area contributed by atoms with Gasteiger partial charge in [-0.2, -0.15) is 0 Å². The van der Waals surface area contributed by atoms with Gasteiger partial charge in [-0.3, -0.25) is 4.79 Å². The fraction of sp³-hybridized carbons (Fsp3) is 0.381. The van der Waals surface area contributed by atoms with Gasteiger partial charge >= 0.3 is 5.97 Å². The Labute approximate surface area is 149 Å². The number of nitrogens with two attached hydrogens (primary N) is 1. The largest absolute Gasteiger partial charge is 0.461 e. The Bertz CT molecular complexity index is 707. The number of aryl methyl sites for hydroxylation is 1. The predicted octanol–water partition coefficient (Wildman–Crippen LogP) is 3.93. The number of piperidine rings is 1. The van der Waals surface area contributed by atoms with Crippen molar-refractivity contribution in [1.29, 1.82) is 0 Å². The van der Waals surface area contributed by atoms with Crippen LogP contribution in [-0.4, -0.2) is 19.1 Å². The second-order valence-electron chi connectivity index (χ2n) is 6.82. The van der Waals surface area contributed by atoms with Crippen LogP contribution in [0, 0.1) is 12.8 Å². The van der Waals surface area contributed by atoms with Crippen molar-refractivity contribution in [1.82, 2.24) is 0 Å². The van der Waals surface area contributed by atoms with Crippen LogP contribution < -0.4 is 10.6 Å².